The summed E-state index contributed by atoms with van der Waals surface area (Å²) in [5.74, 6) is 0.384. The number of hydrogen-bond donors (Lipinski definition) is 1. The predicted octanol–water partition coefficient (Wildman–Crippen LogP) is 3.42. The van der Waals surface area contributed by atoms with E-state index in [-0.39, 0.29) is 11.4 Å². The molecule has 1 aliphatic heterocycles. The zero-order valence-corrected chi connectivity index (χ0v) is 12.6. The van der Waals surface area contributed by atoms with Crippen LogP contribution >= 0.6 is 22.9 Å². The maximum absolute atomic E-state index is 12.5. The van der Waals surface area contributed by atoms with Gasteiger partial charge in [0.25, 0.3) is 5.91 Å². The van der Waals surface area contributed by atoms with Gasteiger partial charge >= 0.3 is 0 Å². The first-order valence-electron chi connectivity index (χ1n) is 6.67. The summed E-state index contributed by atoms with van der Waals surface area (Å²) in [5, 5.41) is 6.06. The SMILES string of the molecule is O=C(NC1(CCl)CCOCC1)c1csc2ccccc12. The molecule has 1 aliphatic rings. The molecule has 1 aromatic heterocycles. The number of rotatable bonds is 3. The predicted molar refractivity (Wildman–Crippen MR) is 82.8 cm³/mol. The highest BCUT2D eigenvalue weighted by molar-refractivity contribution is 7.17. The molecule has 0 saturated carbocycles. The van der Waals surface area contributed by atoms with Gasteiger partial charge in [-0.2, -0.15) is 0 Å². The number of fused-ring (bicyclic) bond motifs is 1. The maximum atomic E-state index is 12.5. The van der Waals surface area contributed by atoms with Crippen LogP contribution in [0.1, 0.15) is 23.2 Å². The molecule has 1 N–H and O–H groups in total. The van der Waals surface area contributed by atoms with Crippen LogP contribution in [0.5, 0.6) is 0 Å². The van der Waals surface area contributed by atoms with E-state index in [1.807, 2.05) is 29.6 Å². The van der Waals surface area contributed by atoms with Gasteiger partial charge in [-0.1, -0.05) is 18.2 Å². The molecule has 1 amide bonds. The number of nitrogens with one attached hydrogen (secondary N) is 1. The van der Waals surface area contributed by atoms with Crippen molar-refractivity contribution in [1.29, 1.82) is 0 Å². The molecule has 0 atom stereocenters. The summed E-state index contributed by atoms with van der Waals surface area (Å²) in [7, 11) is 0. The van der Waals surface area contributed by atoms with Crippen molar-refractivity contribution < 1.29 is 9.53 Å². The number of alkyl halides is 1. The Hall–Kier alpha value is -1.10. The Labute approximate surface area is 126 Å². The molecule has 0 spiro atoms. The molecule has 3 rings (SSSR count). The molecule has 0 aliphatic carbocycles. The van der Waals surface area contributed by atoms with Gasteiger partial charge in [0.2, 0.25) is 0 Å². The van der Waals surface area contributed by atoms with E-state index in [1.54, 1.807) is 11.3 Å². The van der Waals surface area contributed by atoms with E-state index < -0.39 is 0 Å². The van der Waals surface area contributed by atoms with Gasteiger partial charge in [-0.3, -0.25) is 4.79 Å². The maximum Gasteiger partial charge on any atom is 0.253 e. The summed E-state index contributed by atoms with van der Waals surface area (Å²) in [4.78, 5) is 12.5. The number of carbonyl (C=O) groups is 1. The molecule has 0 bridgehead atoms. The van der Waals surface area contributed by atoms with E-state index in [2.05, 4.69) is 5.32 Å². The van der Waals surface area contributed by atoms with Gasteiger partial charge in [0.1, 0.15) is 0 Å². The fourth-order valence-corrected chi connectivity index (χ4v) is 3.79. The minimum absolute atomic E-state index is 0.0370. The number of amides is 1. The molecule has 2 heterocycles. The highest BCUT2D eigenvalue weighted by atomic mass is 35.5. The minimum Gasteiger partial charge on any atom is -0.381 e. The van der Waals surface area contributed by atoms with Crippen molar-refractivity contribution in [3.63, 3.8) is 0 Å². The molecule has 5 heteroatoms. The zero-order valence-electron chi connectivity index (χ0n) is 11.0. The Balaban J connectivity index is 1.85. The Morgan fingerprint density at radius 2 is 2.10 bits per heavy atom. The summed E-state index contributed by atoms with van der Waals surface area (Å²) in [6, 6.07) is 7.96. The van der Waals surface area contributed by atoms with E-state index >= 15 is 0 Å². The quantitative estimate of drug-likeness (QED) is 0.882. The molecular weight excluding hydrogens is 294 g/mol. The number of thiophene rings is 1. The zero-order chi connectivity index (χ0) is 14.0. The van der Waals surface area contributed by atoms with Gasteiger partial charge in [0, 0.05) is 34.6 Å². The third kappa shape index (κ3) is 2.55. The second kappa shape index (κ2) is 5.72. The molecule has 1 fully saturated rings. The molecule has 1 saturated heterocycles. The standard InChI is InChI=1S/C15H16ClNO2S/c16-10-15(5-7-19-8-6-15)17-14(18)12-9-20-13-4-2-1-3-11(12)13/h1-4,9H,5-8,10H2,(H,17,18). The summed E-state index contributed by atoms with van der Waals surface area (Å²) < 4.78 is 6.49. The van der Waals surface area contributed by atoms with Gasteiger partial charge in [-0.15, -0.1) is 22.9 Å². The van der Waals surface area contributed by atoms with Crippen LogP contribution in [0, 0.1) is 0 Å². The molecule has 1 aromatic carbocycles. The lowest BCUT2D eigenvalue weighted by Gasteiger charge is -2.36. The van der Waals surface area contributed by atoms with Crippen molar-refractivity contribution in [3.05, 3.63) is 35.2 Å². The molecule has 106 valence electrons. The second-order valence-electron chi connectivity index (χ2n) is 5.13. The summed E-state index contributed by atoms with van der Waals surface area (Å²) in [6.45, 7) is 1.30. The fourth-order valence-electron chi connectivity index (χ4n) is 2.52. The first-order valence-corrected chi connectivity index (χ1v) is 8.08. The Morgan fingerprint density at radius 3 is 2.85 bits per heavy atom. The Bertz CT molecular complexity index is 619. The van der Waals surface area contributed by atoms with Crippen molar-refractivity contribution in [3.8, 4) is 0 Å². The summed E-state index contributed by atoms with van der Waals surface area (Å²) >= 11 is 7.69. The number of benzene rings is 1. The van der Waals surface area contributed by atoms with Crippen LogP contribution in [0.3, 0.4) is 0 Å². The topological polar surface area (TPSA) is 38.3 Å². The van der Waals surface area contributed by atoms with Crippen molar-refractivity contribution in [2.75, 3.05) is 19.1 Å². The van der Waals surface area contributed by atoms with Crippen LogP contribution in [0.25, 0.3) is 10.1 Å². The van der Waals surface area contributed by atoms with Crippen molar-refractivity contribution in [2.45, 2.75) is 18.4 Å². The van der Waals surface area contributed by atoms with Gasteiger partial charge in [-0.05, 0) is 18.9 Å². The lowest BCUT2D eigenvalue weighted by Crippen LogP contribution is -2.53. The molecule has 2 aromatic rings. The van der Waals surface area contributed by atoms with Gasteiger partial charge in [0.15, 0.2) is 0 Å². The van der Waals surface area contributed by atoms with Crippen LogP contribution in [0.2, 0.25) is 0 Å². The van der Waals surface area contributed by atoms with Crippen LogP contribution in [0.4, 0.5) is 0 Å². The summed E-state index contributed by atoms with van der Waals surface area (Å²) in [6.07, 6.45) is 1.54. The molecule has 20 heavy (non-hydrogen) atoms. The van der Waals surface area contributed by atoms with Gasteiger partial charge in [-0.25, -0.2) is 0 Å². The smallest absolute Gasteiger partial charge is 0.253 e. The highest BCUT2D eigenvalue weighted by Crippen LogP contribution is 2.28. The normalized spacial score (nSPS) is 18.1. The summed E-state index contributed by atoms with van der Waals surface area (Å²) in [5.41, 5.74) is 0.404. The monoisotopic (exact) mass is 309 g/mol. The van der Waals surface area contributed by atoms with Crippen LogP contribution < -0.4 is 5.32 Å². The second-order valence-corrected chi connectivity index (χ2v) is 6.30. The number of carbonyl (C=O) groups excluding carboxylic acids is 1. The van der Waals surface area contributed by atoms with Gasteiger partial charge in [0.05, 0.1) is 11.1 Å². The van der Waals surface area contributed by atoms with E-state index in [9.17, 15) is 4.79 Å². The lowest BCUT2D eigenvalue weighted by molar-refractivity contribution is 0.0434. The van der Waals surface area contributed by atoms with Crippen LogP contribution in [0.15, 0.2) is 29.6 Å². The minimum atomic E-state index is -0.333. The third-order valence-corrected chi connectivity index (χ3v) is 5.29. The average Bonchev–Trinajstić information content (AvgIpc) is 2.92. The number of hydrogen-bond acceptors (Lipinski definition) is 3. The van der Waals surface area contributed by atoms with Crippen LogP contribution in [-0.4, -0.2) is 30.5 Å². The van der Waals surface area contributed by atoms with E-state index in [0.717, 1.165) is 28.5 Å². The number of halogens is 1. The lowest BCUT2D eigenvalue weighted by atomic mass is 9.92. The number of ether oxygens (including phenoxy) is 1. The molecule has 3 nitrogen and oxygen atoms in total. The van der Waals surface area contributed by atoms with Crippen molar-refractivity contribution >= 4 is 38.9 Å². The molecule has 0 unspecified atom stereocenters. The third-order valence-electron chi connectivity index (χ3n) is 3.81. The molecular formula is C15H16ClNO2S. The average molecular weight is 310 g/mol. The van der Waals surface area contributed by atoms with Gasteiger partial charge < -0.3 is 10.1 Å². The Kier molecular flexibility index (Phi) is 3.96. The van der Waals surface area contributed by atoms with E-state index in [4.69, 9.17) is 16.3 Å². The highest BCUT2D eigenvalue weighted by Gasteiger charge is 2.34. The largest absolute Gasteiger partial charge is 0.381 e. The Morgan fingerprint density at radius 1 is 1.35 bits per heavy atom. The van der Waals surface area contributed by atoms with Crippen LogP contribution in [-0.2, 0) is 4.74 Å². The van der Waals surface area contributed by atoms with E-state index in [0.29, 0.717) is 19.1 Å². The fraction of sp³-hybridized carbons (Fsp3) is 0.400. The van der Waals surface area contributed by atoms with Crippen molar-refractivity contribution in [2.24, 2.45) is 0 Å². The van der Waals surface area contributed by atoms with E-state index in [1.165, 1.54) is 0 Å². The first-order chi connectivity index (χ1) is 9.74. The van der Waals surface area contributed by atoms with Crippen molar-refractivity contribution in [1.82, 2.24) is 5.32 Å². The molecule has 0 radical (unpaired) electrons. The first kappa shape index (κ1) is 13.9.